The van der Waals surface area contributed by atoms with Crippen molar-refractivity contribution in [2.24, 2.45) is 23.7 Å². The van der Waals surface area contributed by atoms with E-state index < -0.39 is 0 Å². The SMILES string of the molecule is O[C@@H]1C=C[C@@H]2[C@@H]1[C@H]1C=C[C@@H]2C1. The molecular weight excluding hydrogens is 136 g/mol. The summed E-state index contributed by atoms with van der Waals surface area (Å²) >= 11 is 0. The highest BCUT2D eigenvalue weighted by Gasteiger charge is 2.48. The third-order valence-corrected chi connectivity index (χ3v) is 3.51. The molecule has 1 nitrogen and oxygen atoms in total. The van der Waals surface area contributed by atoms with E-state index in [1.165, 1.54) is 6.42 Å². The van der Waals surface area contributed by atoms with Crippen LogP contribution in [0.3, 0.4) is 0 Å². The summed E-state index contributed by atoms with van der Waals surface area (Å²) in [6, 6.07) is 0. The second-order valence-electron chi connectivity index (χ2n) is 3.98. The fraction of sp³-hybridized carbons (Fsp3) is 0.600. The summed E-state index contributed by atoms with van der Waals surface area (Å²) < 4.78 is 0. The maximum absolute atomic E-state index is 9.60. The van der Waals surface area contributed by atoms with E-state index in [1.54, 1.807) is 0 Å². The van der Waals surface area contributed by atoms with Crippen LogP contribution in [-0.2, 0) is 0 Å². The molecule has 0 aliphatic heterocycles. The minimum Gasteiger partial charge on any atom is -0.389 e. The van der Waals surface area contributed by atoms with E-state index in [1.807, 2.05) is 6.08 Å². The molecule has 1 heteroatoms. The van der Waals surface area contributed by atoms with Gasteiger partial charge >= 0.3 is 0 Å². The first-order valence-corrected chi connectivity index (χ1v) is 4.41. The standard InChI is InChI=1S/C10H12O/c11-9-4-3-8-6-1-2-7(5-6)10(8)9/h1-4,6-11H,5H2/t6-,7+,8+,9-,10+/m1/s1. The van der Waals surface area contributed by atoms with Crippen LogP contribution in [-0.4, -0.2) is 11.2 Å². The largest absolute Gasteiger partial charge is 0.389 e. The van der Waals surface area contributed by atoms with Crippen molar-refractivity contribution in [3.63, 3.8) is 0 Å². The van der Waals surface area contributed by atoms with Gasteiger partial charge in [-0.25, -0.2) is 0 Å². The molecule has 0 heterocycles. The second kappa shape index (κ2) is 1.78. The highest BCUT2D eigenvalue weighted by Crippen LogP contribution is 2.52. The highest BCUT2D eigenvalue weighted by molar-refractivity contribution is 5.24. The van der Waals surface area contributed by atoms with E-state index >= 15 is 0 Å². The Bertz CT molecular complexity index is 241. The summed E-state index contributed by atoms with van der Waals surface area (Å²) in [5.41, 5.74) is 0. The molecule has 5 atom stereocenters. The molecule has 58 valence electrons. The van der Waals surface area contributed by atoms with Crippen LogP contribution in [0.1, 0.15) is 6.42 Å². The first-order valence-electron chi connectivity index (χ1n) is 4.41. The summed E-state index contributed by atoms with van der Waals surface area (Å²) in [4.78, 5) is 0. The molecule has 3 rings (SSSR count). The fourth-order valence-corrected chi connectivity index (χ4v) is 3.02. The monoisotopic (exact) mass is 148 g/mol. The summed E-state index contributed by atoms with van der Waals surface area (Å²) in [5.74, 6) is 2.62. The third kappa shape index (κ3) is 0.603. The van der Waals surface area contributed by atoms with Gasteiger partial charge in [0.2, 0.25) is 0 Å². The molecule has 0 aromatic rings. The van der Waals surface area contributed by atoms with Crippen LogP contribution < -0.4 is 0 Å². The lowest BCUT2D eigenvalue weighted by Crippen LogP contribution is -2.23. The van der Waals surface area contributed by atoms with E-state index in [0.717, 1.165) is 5.92 Å². The summed E-state index contributed by atoms with van der Waals surface area (Å²) in [6.45, 7) is 0. The second-order valence-corrected chi connectivity index (χ2v) is 3.98. The number of aliphatic hydroxyl groups is 1. The summed E-state index contributed by atoms with van der Waals surface area (Å²) in [6.07, 6.45) is 9.94. The molecule has 0 spiro atoms. The Morgan fingerprint density at radius 2 is 1.82 bits per heavy atom. The molecule has 3 aliphatic rings. The average Bonchev–Trinajstić information content (AvgIpc) is 2.60. The van der Waals surface area contributed by atoms with Crippen molar-refractivity contribution in [2.75, 3.05) is 0 Å². The predicted octanol–water partition coefficient (Wildman–Crippen LogP) is 1.36. The number of rotatable bonds is 0. The van der Waals surface area contributed by atoms with Gasteiger partial charge in [0.15, 0.2) is 0 Å². The van der Waals surface area contributed by atoms with Crippen LogP contribution in [0.25, 0.3) is 0 Å². The lowest BCUT2D eigenvalue weighted by molar-refractivity contribution is 0.132. The first-order chi connectivity index (χ1) is 5.36. The average molecular weight is 148 g/mol. The van der Waals surface area contributed by atoms with Crippen LogP contribution in [0.15, 0.2) is 24.3 Å². The zero-order valence-corrected chi connectivity index (χ0v) is 6.35. The molecule has 0 aromatic heterocycles. The van der Waals surface area contributed by atoms with Crippen LogP contribution in [0, 0.1) is 23.7 Å². The van der Waals surface area contributed by atoms with Crippen LogP contribution >= 0.6 is 0 Å². The Labute approximate surface area is 66.4 Å². The number of fused-ring (bicyclic) bond motifs is 5. The maximum Gasteiger partial charge on any atom is 0.0760 e. The topological polar surface area (TPSA) is 20.2 Å². The zero-order chi connectivity index (χ0) is 7.42. The number of hydrogen-bond donors (Lipinski definition) is 1. The molecule has 2 bridgehead atoms. The molecule has 0 aromatic carbocycles. The minimum atomic E-state index is -0.153. The van der Waals surface area contributed by atoms with E-state index in [0.29, 0.717) is 17.8 Å². The summed E-state index contributed by atoms with van der Waals surface area (Å²) in [5, 5.41) is 9.60. The Kier molecular flexibility index (Phi) is 0.972. The van der Waals surface area contributed by atoms with Gasteiger partial charge in [-0.1, -0.05) is 24.3 Å². The first kappa shape index (κ1) is 6.01. The summed E-state index contributed by atoms with van der Waals surface area (Å²) in [7, 11) is 0. The van der Waals surface area contributed by atoms with E-state index in [4.69, 9.17) is 0 Å². The number of aliphatic hydroxyl groups excluding tert-OH is 1. The van der Waals surface area contributed by atoms with E-state index in [2.05, 4.69) is 18.2 Å². The molecule has 0 amide bonds. The molecule has 0 unspecified atom stereocenters. The fourth-order valence-electron chi connectivity index (χ4n) is 3.02. The van der Waals surface area contributed by atoms with E-state index in [9.17, 15) is 5.11 Å². The van der Waals surface area contributed by atoms with Crippen molar-refractivity contribution in [1.29, 1.82) is 0 Å². The molecule has 1 saturated carbocycles. The molecule has 11 heavy (non-hydrogen) atoms. The van der Waals surface area contributed by atoms with Gasteiger partial charge in [-0.2, -0.15) is 0 Å². The van der Waals surface area contributed by atoms with Crippen molar-refractivity contribution in [1.82, 2.24) is 0 Å². The Hall–Kier alpha value is -0.560. The van der Waals surface area contributed by atoms with Crippen molar-refractivity contribution < 1.29 is 5.11 Å². The lowest BCUT2D eigenvalue weighted by atomic mass is 9.84. The molecule has 0 saturated heterocycles. The predicted molar refractivity (Wildman–Crippen MR) is 42.9 cm³/mol. The lowest BCUT2D eigenvalue weighted by Gasteiger charge is -2.22. The molecular formula is C10H12O. The van der Waals surface area contributed by atoms with Gasteiger partial charge in [-0.05, 0) is 24.2 Å². The van der Waals surface area contributed by atoms with Gasteiger partial charge < -0.3 is 5.11 Å². The van der Waals surface area contributed by atoms with Gasteiger partial charge in [0, 0.05) is 5.92 Å². The van der Waals surface area contributed by atoms with Gasteiger partial charge in [0.1, 0.15) is 0 Å². The minimum absolute atomic E-state index is 0.153. The Morgan fingerprint density at radius 1 is 1.00 bits per heavy atom. The Balaban J connectivity index is 2.02. The highest BCUT2D eigenvalue weighted by atomic mass is 16.3. The normalized spacial score (nSPS) is 57.4. The van der Waals surface area contributed by atoms with Crippen molar-refractivity contribution in [3.05, 3.63) is 24.3 Å². The maximum atomic E-state index is 9.60. The quantitative estimate of drug-likeness (QED) is 0.514. The van der Waals surface area contributed by atoms with E-state index in [-0.39, 0.29) is 6.10 Å². The number of hydrogen-bond acceptors (Lipinski definition) is 1. The molecule has 1 N–H and O–H groups in total. The van der Waals surface area contributed by atoms with Crippen molar-refractivity contribution >= 4 is 0 Å². The van der Waals surface area contributed by atoms with Crippen LogP contribution in [0.2, 0.25) is 0 Å². The molecule has 0 radical (unpaired) electrons. The van der Waals surface area contributed by atoms with Crippen LogP contribution in [0.4, 0.5) is 0 Å². The van der Waals surface area contributed by atoms with Gasteiger partial charge in [0.25, 0.3) is 0 Å². The smallest absolute Gasteiger partial charge is 0.0760 e. The molecule has 1 fully saturated rings. The number of allylic oxidation sites excluding steroid dienone is 3. The van der Waals surface area contributed by atoms with Gasteiger partial charge in [-0.15, -0.1) is 0 Å². The van der Waals surface area contributed by atoms with Gasteiger partial charge in [0.05, 0.1) is 6.10 Å². The van der Waals surface area contributed by atoms with Crippen molar-refractivity contribution in [2.45, 2.75) is 12.5 Å². The third-order valence-electron chi connectivity index (χ3n) is 3.51. The van der Waals surface area contributed by atoms with Crippen LogP contribution in [0.5, 0.6) is 0 Å². The zero-order valence-electron chi connectivity index (χ0n) is 6.35. The van der Waals surface area contributed by atoms with Crippen molar-refractivity contribution in [3.8, 4) is 0 Å². The molecule has 3 aliphatic carbocycles. The Morgan fingerprint density at radius 3 is 2.64 bits per heavy atom. The van der Waals surface area contributed by atoms with Gasteiger partial charge in [-0.3, -0.25) is 0 Å².